The highest BCUT2D eigenvalue weighted by molar-refractivity contribution is 5.70. The topological polar surface area (TPSA) is 79.5 Å². The first-order valence-corrected chi connectivity index (χ1v) is 6.39. The molecule has 0 radical (unpaired) electrons. The van der Waals surface area contributed by atoms with E-state index in [1.807, 2.05) is 42.5 Å². The van der Waals surface area contributed by atoms with E-state index in [9.17, 15) is 10.0 Å². The Balaban J connectivity index is 2.19. The molecule has 1 atom stereocenters. The van der Waals surface area contributed by atoms with Gasteiger partial charge in [0.1, 0.15) is 0 Å². The summed E-state index contributed by atoms with van der Waals surface area (Å²) in [5, 5.41) is 9.95. The third kappa shape index (κ3) is 3.55. The Bertz CT molecular complexity index is 506. The summed E-state index contributed by atoms with van der Waals surface area (Å²) in [6.45, 7) is 0.170. The maximum atomic E-state index is 10.9. The molecule has 1 aromatic carbocycles. The molecule has 2 rings (SSSR count). The molecule has 0 aliphatic carbocycles. The van der Waals surface area contributed by atoms with Gasteiger partial charge in [0, 0.05) is 18.3 Å². The number of nitrogens with two attached hydrogens (primary N) is 1. The van der Waals surface area contributed by atoms with Gasteiger partial charge in [0.15, 0.2) is 0 Å². The highest BCUT2D eigenvalue weighted by Crippen LogP contribution is 2.27. The van der Waals surface area contributed by atoms with E-state index in [1.54, 1.807) is 12.4 Å². The van der Waals surface area contributed by atoms with Gasteiger partial charge >= 0.3 is 6.03 Å². The summed E-state index contributed by atoms with van der Waals surface area (Å²) in [6.07, 6.45) is 4.08. The summed E-state index contributed by atoms with van der Waals surface area (Å²) >= 11 is 0. The number of urea groups is 1. The maximum Gasteiger partial charge on any atom is 0.338 e. The Morgan fingerprint density at radius 3 is 2.50 bits per heavy atom. The van der Waals surface area contributed by atoms with Crippen LogP contribution in [0.1, 0.15) is 23.5 Å². The smallest absolute Gasteiger partial charge is 0.338 e. The SMILES string of the molecule is NC(=O)N(O)CCC(c1ccccc1)c1cccnc1. The molecule has 0 saturated heterocycles. The Labute approximate surface area is 117 Å². The van der Waals surface area contributed by atoms with Crippen LogP contribution >= 0.6 is 0 Å². The fraction of sp³-hybridized carbons (Fsp3) is 0.200. The second-order valence-electron chi connectivity index (χ2n) is 4.50. The molecule has 0 spiro atoms. The normalized spacial score (nSPS) is 11.8. The first kappa shape index (κ1) is 14.0. The van der Waals surface area contributed by atoms with Crippen LogP contribution in [0.15, 0.2) is 54.9 Å². The van der Waals surface area contributed by atoms with Gasteiger partial charge in [-0.15, -0.1) is 0 Å². The van der Waals surface area contributed by atoms with Crippen LogP contribution in [0, 0.1) is 0 Å². The fourth-order valence-corrected chi connectivity index (χ4v) is 2.15. The Morgan fingerprint density at radius 2 is 1.90 bits per heavy atom. The first-order chi connectivity index (χ1) is 9.68. The van der Waals surface area contributed by atoms with Gasteiger partial charge in [-0.05, 0) is 23.6 Å². The summed E-state index contributed by atoms with van der Waals surface area (Å²) in [4.78, 5) is 15.0. The van der Waals surface area contributed by atoms with Crippen molar-refractivity contribution in [2.24, 2.45) is 5.73 Å². The van der Waals surface area contributed by atoms with Crippen LogP contribution in [0.5, 0.6) is 0 Å². The van der Waals surface area contributed by atoms with Gasteiger partial charge in [-0.25, -0.2) is 9.86 Å². The van der Waals surface area contributed by atoms with Crippen molar-refractivity contribution in [1.29, 1.82) is 0 Å². The van der Waals surface area contributed by atoms with Crippen LogP contribution in [-0.4, -0.2) is 27.8 Å². The van der Waals surface area contributed by atoms with E-state index in [0.29, 0.717) is 11.5 Å². The predicted octanol–water partition coefficient (Wildman–Crippen LogP) is 2.37. The lowest BCUT2D eigenvalue weighted by atomic mass is 9.89. The summed E-state index contributed by atoms with van der Waals surface area (Å²) in [7, 11) is 0. The Morgan fingerprint density at radius 1 is 1.20 bits per heavy atom. The number of amides is 2. The second-order valence-corrected chi connectivity index (χ2v) is 4.50. The largest absolute Gasteiger partial charge is 0.350 e. The van der Waals surface area contributed by atoms with E-state index in [2.05, 4.69) is 4.98 Å². The van der Waals surface area contributed by atoms with E-state index in [0.717, 1.165) is 11.1 Å². The van der Waals surface area contributed by atoms with E-state index in [1.165, 1.54) is 0 Å². The number of carbonyl (C=O) groups is 1. The van der Waals surface area contributed by atoms with E-state index in [-0.39, 0.29) is 12.5 Å². The monoisotopic (exact) mass is 271 g/mol. The molecule has 1 heterocycles. The molecule has 3 N–H and O–H groups in total. The van der Waals surface area contributed by atoms with Gasteiger partial charge in [0.05, 0.1) is 6.54 Å². The van der Waals surface area contributed by atoms with E-state index in [4.69, 9.17) is 5.73 Å². The van der Waals surface area contributed by atoms with Crippen LogP contribution < -0.4 is 5.73 Å². The fourth-order valence-electron chi connectivity index (χ4n) is 2.15. The number of benzene rings is 1. The lowest BCUT2D eigenvalue weighted by molar-refractivity contribution is -0.0406. The molecular formula is C15H17N3O2. The summed E-state index contributed by atoms with van der Waals surface area (Å²) in [6, 6.07) is 12.9. The van der Waals surface area contributed by atoms with Crippen LogP contribution in [0.4, 0.5) is 4.79 Å². The highest BCUT2D eigenvalue weighted by atomic mass is 16.5. The number of hydroxylamine groups is 2. The Kier molecular flexibility index (Phi) is 4.68. The number of nitrogens with zero attached hydrogens (tertiary/aromatic N) is 2. The molecule has 20 heavy (non-hydrogen) atoms. The lowest BCUT2D eigenvalue weighted by Gasteiger charge is -2.20. The van der Waals surface area contributed by atoms with Gasteiger partial charge in [0.25, 0.3) is 0 Å². The molecule has 0 bridgehead atoms. The molecule has 1 aromatic heterocycles. The maximum absolute atomic E-state index is 10.9. The molecule has 0 fully saturated rings. The summed E-state index contributed by atoms with van der Waals surface area (Å²) in [5.74, 6) is 0.0545. The minimum absolute atomic E-state index is 0.0545. The highest BCUT2D eigenvalue weighted by Gasteiger charge is 2.16. The number of aromatic nitrogens is 1. The lowest BCUT2D eigenvalue weighted by Crippen LogP contribution is -2.34. The Hall–Kier alpha value is -2.40. The van der Waals surface area contributed by atoms with Crippen LogP contribution in [0.25, 0.3) is 0 Å². The van der Waals surface area contributed by atoms with Crippen molar-refractivity contribution >= 4 is 6.03 Å². The third-order valence-electron chi connectivity index (χ3n) is 3.17. The first-order valence-electron chi connectivity index (χ1n) is 6.39. The van der Waals surface area contributed by atoms with E-state index >= 15 is 0 Å². The van der Waals surface area contributed by atoms with Crippen LogP contribution in [-0.2, 0) is 0 Å². The van der Waals surface area contributed by atoms with Crippen molar-refractivity contribution < 1.29 is 10.0 Å². The van der Waals surface area contributed by atoms with Crippen molar-refractivity contribution in [3.8, 4) is 0 Å². The van der Waals surface area contributed by atoms with E-state index < -0.39 is 6.03 Å². The van der Waals surface area contributed by atoms with Gasteiger partial charge < -0.3 is 5.73 Å². The minimum Gasteiger partial charge on any atom is -0.350 e. The number of primary amides is 1. The summed E-state index contributed by atoms with van der Waals surface area (Å²) < 4.78 is 0. The molecule has 5 nitrogen and oxygen atoms in total. The number of rotatable bonds is 5. The number of pyridine rings is 1. The summed E-state index contributed by atoms with van der Waals surface area (Å²) in [5.41, 5.74) is 7.17. The number of hydrogen-bond donors (Lipinski definition) is 2. The van der Waals surface area contributed by atoms with Crippen molar-refractivity contribution in [3.63, 3.8) is 0 Å². The third-order valence-corrected chi connectivity index (χ3v) is 3.17. The molecule has 1 unspecified atom stereocenters. The van der Waals surface area contributed by atoms with Gasteiger partial charge in [-0.1, -0.05) is 36.4 Å². The molecule has 2 aromatic rings. The zero-order valence-corrected chi connectivity index (χ0v) is 11.0. The van der Waals surface area contributed by atoms with Crippen molar-refractivity contribution in [1.82, 2.24) is 10.0 Å². The van der Waals surface area contributed by atoms with Gasteiger partial charge in [-0.2, -0.15) is 0 Å². The zero-order chi connectivity index (χ0) is 14.4. The number of carbonyl (C=O) groups excluding carboxylic acids is 1. The van der Waals surface area contributed by atoms with Crippen LogP contribution in [0.2, 0.25) is 0 Å². The van der Waals surface area contributed by atoms with Crippen molar-refractivity contribution in [2.45, 2.75) is 12.3 Å². The molecule has 5 heteroatoms. The van der Waals surface area contributed by atoms with Crippen LogP contribution in [0.3, 0.4) is 0 Å². The minimum atomic E-state index is -0.844. The molecule has 104 valence electrons. The quantitative estimate of drug-likeness (QED) is 0.647. The van der Waals surface area contributed by atoms with Gasteiger partial charge in [0.2, 0.25) is 0 Å². The van der Waals surface area contributed by atoms with Gasteiger partial charge in [-0.3, -0.25) is 10.2 Å². The molecule has 0 aliphatic heterocycles. The molecule has 2 amide bonds. The zero-order valence-electron chi connectivity index (χ0n) is 11.0. The average Bonchev–Trinajstić information content (AvgIpc) is 2.49. The molecule has 0 saturated carbocycles. The standard InChI is InChI=1S/C15H17N3O2/c16-15(19)18(20)10-8-14(12-5-2-1-3-6-12)13-7-4-9-17-11-13/h1-7,9,11,14,20H,8,10H2,(H2,16,19). The second kappa shape index (κ2) is 6.68. The molecule has 0 aliphatic rings. The predicted molar refractivity (Wildman–Crippen MR) is 75.2 cm³/mol. The van der Waals surface area contributed by atoms with Crippen molar-refractivity contribution in [3.05, 3.63) is 66.0 Å². The average molecular weight is 271 g/mol. The molecular weight excluding hydrogens is 254 g/mol. The van der Waals surface area contributed by atoms with Crippen molar-refractivity contribution in [2.75, 3.05) is 6.54 Å². The number of hydrogen-bond acceptors (Lipinski definition) is 3.